The molecule has 2 saturated heterocycles. The molecule has 0 unspecified atom stereocenters. The molecule has 8 heteroatoms. The predicted octanol–water partition coefficient (Wildman–Crippen LogP) is 3.41. The maximum atomic E-state index is 14.2. The van der Waals surface area contributed by atoms with Crippen LogP contribution in [0.15, 0.2) is 54.6 Å². The summed E-state index contributed by atoms with van der Waals surface area (Å²) < 4.78 is 0. The molecule has 0 aliphatic carbocycles. The highest BCUT2D eigenvalue weighted by Crippen LogP contribution is 2.46. The van der Waals surface area contributed by atoms with E-state index in [0.717, 1.165) is 11.3 Å². The van der Waals surface area contributed by atoms with E-state index < -0.39 is 17.5 Å². The highest BCUT2D eigenvalue weighted by atomic mass is 16.2. The molecule has 2 fully saturated rings. The molecule has 3 aliphatic rings. The Bertz CT molecular complexity index is 1310. The van der Waals surface area contributed by atoms with Gasteiger partial charge in [0.1, 0.15) is 12.1 Å². The molecule has 8 nitrogen and oxygen atoms in total. The number of carbonyl (C=O) groups excluding carboxylic acids is 3. The van der Waals surface area contributed by atoms with Gasteiger partial charge < -0.3 is 20.4 Å². The predicted molar refractivity (Wildman–Crippen MR) is 149 cm³/mol. The Labute approximate surface area is 230 Å². The normalized spacial score (nSPS) is 26.7. The summed E-state index contributed by atoms with van der Waals surface area (Å²) >= 11 is 0. The number of fused-ring (bicyclic) bond motifs is 2. The summed E-state index contributed by atoms with van der Waals surface area (Å²) in [5.41, 5.74) is 1.54. The monoisotopic (exact) mass is 527 g/mol. The van der Waals surface area contributed by atoms with E-state index in [4.69, 9.17) is 0 Å². The zero-order valence-electron chi connectivity index (χ0n) is 23.1. The van der Waals surface area contributed by atoms with Crippen molar-refractivity contribution in [2.75, 3.05) is 25.5 Å². The Hall–Kier alpha value is -3.70. The van der Waals surface area contributed by atoms with Crippen molar-refractivity contribution in [3.63, 3.8) is 0 Å². The number of hydrogen-bond donors (Lipinski definition) is 2. The highest BCUT2D eigenvalue weighted by molar-refractivity contribution is 6.07. The Morgan fingerprint density at radius 3 is 2.54 bits per heavy atom. The van der Waals surface area contributed by atoms with Crippen LogP contribution in [0.25, 0.3) is 0 Å². The Morgan fingerprint density at radius 1 is 1.15 bits per heavy atom. The summed E-state index contributed by atoms with van der Waals surface area (Å²) in [6.07, 6.45) is 1.34. The van der Waals surface area contributed by atoms with Gasteiger partial charge in [0, 0.05) is 32.2 Å². The van der Waals surface area contributed by atoms with Crippen LogP contribution in [0.5, 0.6) is 0 Å². The zero-order chi connectivity index (χ0) is 27.9. The standard InChI is InChI=1S/C31H37N5O3/c1-30(2,3)16-26(35(4)27(37)25-14-21(18-33-25)20-10-6-5-7-11-20)28(38)36-19-31(15-22(36)17-32)23-12-8-9-13-24(23)34-29(31)39/h5-13,21-22,25-26,33H,14-16,18-19H2,1-4H3,(H,34,39)/t21-,22-,25-,26-,31-/m0/s1. The molecule has 0 aromatic heterocycles. The molecule has 0 bridgehead atoms. The molecule has 2 aromatic rings. The lowest BCUT2D eigenvalue weighted by Gasteiger charge is -2.36. The topological polar surface area (TPSA) is 106 Å². The lowest BCUT2D eigenvalue weighted by atomic mass is 9.80. The maximum absolute atomic E-state index is 14.2. The molecular formula is C31H37N5O3. The van der Waals surface area contributed by atoms with Gasteiger partial charge in [0.05, 0.1) is 17.5 Å². The van der Waals surface area contributed by atoms with Gasteiger partial charge in [-0.15, -0.1) is 0 Å². The number of amides is 3. The number of nitrogens with zero attached hydrogens (tertiary/aromatic N) is 3. The van der Waals surface area contributed by atoms with E-state index in [1.807, 2.05) is 63.2 Å². The third kappa shape index (κ3) is 4.92. The van der Waals surface area contributed by atoms with Crippen LogP contribution in [-0.2, 0) is 19.8 Å². The number of benzene rings is 2. The minimum Gasteiger partial charge on any atom is -0.332 e. The third-order valence-electron chi connectivity index (χ3n) is 8.52. The van der Waals surface area contributed by atoms with Gasteiger partial charge in [0.15, 0.2) is 0 Å². The molecule has 0 radical (unpaired) electrons. The van der Waals surface area contributed by atoms with Gasteiger partial charge in [-0.3, -0.25) is 14.4 Å². The van der Waals surface area contributed by atoms with Crippen molar-refractivity contribution in [2.24, 2.45) is 5.41 Å². The van der Waals surface area contributed by atoms with Crippen LogP contribution in [0, 0.1) is 16.7 Å². The molecular weight excluding hydrogens is 490 g/mol. The van der Waals surface area contributed by atoms with Gasteiger partial charge in [0.25, 0.3) is 0 Å². The first-order valence-electron chi connectivity index (χ1n) is 13.7. The largest absolute Gasteiger partial charge is 0.332 e. The van der Waals surface area contributed by atoms with Crippen LogP contribution in [0.1, 0.15) is 57.1 Å². The van der Waals surface area contributed by atoms with Crippen molar-refractivity contribution in [1.82, 2.24) is 15.1 Å². The van der Waals surface area contributed by atoms with E-state index in [0.29, 0.717) is 19.4 Å². The van der Waals surface area contributed by atoms with Gasteiger partial charge in [-0.25, -0.2) is 0 Å². The first-order valence-corrected chi connectivity index (χ1v) is 13.7. The zero-order valence-corrected chi connectivity index (χ0v) is 23.1. The number of nitrogens with one attached hydrogen (secondary N) is 2. The number of nitriles is 1. The molecule has 3 heterocycles. The van der Waals surface area contributed by atoms with Crippen molar-refractivity contribution in [3.05, 3.63) is 65.7 Å². The molecule has 0 saturated carbocycles. The molecule has 2 N–H and O–H groups in total. The Kier molecular flexibility index (Phi) is 6.98. The van der Waals surface area contributed by atoms with Crippen molar-refractivity contribution in [2.45, 2.75) is 69.5 Å². The summed E-state index contributed by atoms with van der Waals surface area (Å²) in [6.45, 7) is 6.94. The van der Waals surface area contributed by atoms with E-state index >= 15 is 0 Å². The number of anilines is 1. The van der Waals surface area contributed by atoms with Gasteiger partial charge >= 0.3 is 0 Å². The second-order valence-electron chi connectivity index (χ2n) is 12.4. The number of carbonyl (C=O) groups is 3. The van der Waals surface area contributed by atoms with Crippen LogP contribution in [-0.4, -0.2) is 65.8 Å². The molecule has 39 heavy (non-hydrogen) atoms. The van der Waals surface area contributed by atoms with Crippen LogP contribution in [0.4, 0.5) is 5.69 Å². The minimum atomic E-state index is -0.961. The maximum Gasteiger partial charge on any atom is 0.246 e. The first kappa shape index (κ1) is 26.9. The quantitative estimate of drug-likeness (QED) is 0.620. The van der Waals surface area contributed by atoms with Crippen molar-refractivity contribution < 1.29 is 14.4 Å². The average molecular weight is 528 g/mol. The summed E-state index contributed by atoms with van der Waals surface area (Å²) in [6, 6.07) is 18.0. The van der Waals surface area contributed by atoms with E-state index in [2.05, 4.69) is 28.8 Å². The second-order valence-corrected chi connectivity index (χ2v) is 12.4. The smallest absolute Gasteiger partial charge is 0.246 e. The highest BCUT2D eigenvalue weighted by Gasteiger charge is 2.57. The van der Waals surface area contributed by atoms with E-state index in [1.165, 1.54) is 10.5 Å². The fourth-order valence-electron chi connectivity index (χ4n) is 6.45. The number of para-hydroxylation sites is 1. The molecule has 5 rings (SSSR count). The van der Waals surface area contributed by atoms with Gasteiger partial charge in [-0.05, 0) is 41.4 Å². The second kappa shape index (κ2) is 10.1. The van der Waals surface area contributed by atoms with E-state index in [1.54, 1.807) is 11.9 Å². The summed E-state index contributed by atoms with van der Waals surface area (Å²) in [5.74, 6) is -0.354. The molecule has 3 amide bonds. The van der Waals surface area contributed by atoms with Crippen molar-refractivity contribution >= 4 is 23.4 Å². The average Bonchev–Trinajstić information content (AvgIpc) is 3.63. The molecule has 1 spiro atoms. The number of likely N-dealkylation sites (tertiary alicyclic amines) is 1. The SMILES string of the molecule is CN(C(=O)[C@@H]1C[C@H](c2ccccc2)CN1)[C@@H](CC(C)(C)C)C(=O)N1C[C@]2(C[C@H]1C#N)C(=O)Nc1ccccc12. The molecule has 2 aromatic carbocycles. The van der Waals surface area contributed by atoms with Crippen LogP contribution in [0.3, 0.4) is 0 Å². The number of rotatable bonds is 5. The third-order valence-corrected chi connectivity index (χ3v) is 8.52. The van der Waals surface area contributed by atoms with Gasteiger partial charge in [0.2, 0.25) is 17.7 Å². The minimum absolute atomic E-state index is 0.118. The molecule has 204 valence electrons. The lowest BCUT2D eigenvalue weighted by Crippen LogP contribution is -2.55. The van der Waals surface area contributed by atoms with Crippen LogP contribution in [0.2, 0.25) is 0 Å². The summed E-state index contributed by atoms with van der Waals surface area (Å²) in [5, 5.41) is 16.4. The molecule has 3 aliphatic heterocycles. The lowest BCUT2D eigenvalue weighted by molar-refractivity contribution is -0.146. The van der Waals surface area contributed by atoms with E-state index in [-0.39, 0.29) is 48.1 Å². The number of likely N-dealkylation sites (N-methyl/N-ethyl adjacent to an activating group) is 1. The summed E-state index contributed by atoms with van der Waals surface area (Å²) in [7, 11) is 1.69. The summed E-state index contributed by atoms with van der Waals surface area (Å²) in [4.78, 5) is 44.3. The Morgan fingerprint density at radius 2 is 1.85 bits per heavy atom. The van der Waals surface area contributed by atoms with Gasteiger partial charge in [-0.1, -0.05) is 69.3 Å². The fraction of sp³-hybridized carbons (Fsp3) is 0.484. The van der Waals surface area contributed by atoms with Crippen LogP contribution >= 0.6 is 0 Å². The van der Waals surface area contributed by atoms with Crippen molar-refractivity contribution in [1.29, 1.82) is 5.26 Å². The number of hydrogen-bond acceptors (Lipinski definition) is 5. The van der Waals surface area contributed by atoms with Crippen molar-refractivity contribution in [3.8, 4) is 6.07 Å². The first-order chi connectivity index (χ1) is 18.5. The van der Waals surface area contributed by atoms with Crippen LogP contribution < -0.4 is 10.6 Å². The van der Waals surface area contributed by atoms with Gasteiger partial charge in [-0.2, -0.15) is 5.26 Å². The Balaban J connectivity index is 1.39. The fourth-order valence-corrected chi connectivity index (χ4v) is 6.45. The molecule has 5 atom stereocenters. The van der Waals surface area contributed by atoms with E-state index in [9.17, 15) is 19.6 Å².